The molecule has 3 N–H and O–H groups in total. The number of carbonyl (C=O) groups excluding carboxylic acids is 1. The van der Waals surface area contributed by atoms with Crippen LogP contribution < -0.4 is 16.2 Å². The molecule has 1 aliphatic heterocycles. The van der Waals surface area contributed by atoms with Crippen LogP contribution in [0.2, 0.25) is 0 Å². The number of amides is 2. The Balaban J connectivity index is 1.19. The van der Waals surface area contributed by atoms with E-state index in [-0.39, 0.29) is 30.0 Å². The number of urea groups is 1. The Hall–Kier alpha value is -3.30. The molecule has 2 amide bonds. The fourth-order valence-electron chi connectivity index (χ4n) is 4.07. The highest BCUT2D eigenvalue weighted by Gasteiger charge is 2.25. The molecule has 3 aromatic rings. The number of hydrogen-bond donors (Lipinski definition) is 3. The summed E-state index contributed by atoms with van der Waals surface area (Å²) in [5, 5.41) is 7.17. The number of carbonyl (C=O) groups is 1. The first-order valence-electron chi connectivity index (χ1n) is 11.2. The van der Waals surface area contributed by atoms with Gasteiger partial charge in [-0.1, -0.05) is 24.3 Å². The monoisotopic (exact) mass is 451 g/mol. The Kier molecular flexibility index (Phi) is 7.31. The summed E-state index contributed by atoms with van der Waals surface area (Å²) < 4.78 is 15.2. The average molecular weight is 452 g/mol. The second kappa shape index (κ2) is 10.5. The molecule has 3 atom stereocenters. The van der Waals surface area contributed by atoms with Crippen LogP contribution >= 0.6 is 0 Å². The number of hydrazine groups is 1. The van der Waals surface area contributed by atoms with Gasteiger partial charge in [-0.2, -0.15) is 5.10 Å². The summed E-state index contributed by atoms with van der Waals surface area (Å²) in [5.41, 5.74) is 9.43. The molecule has 1 aromatic heterocycles. The molecule has 1 aliphatic rings. The summed E-state index contributed by atoms with van der Waals surface area (Å²) in [5.74, 6) is -0.217. The predicted octanol–water partition coefficient (Wildman–Crippen LogP) is 3.50. The quantitative estimate of drug-likeness (QED) is 0.488. The van der Waals surface area contributed by atoms with E-state index in [1.807, 2.05) is 44.3 Å². The van der Waals surface area contributed by atoms with Crippen LogP contribution in [0.5, 0.6) is 0 Å². The number of halogens is 1. The highest BCUT2D eigenvalue weighted by Crippen LogP contribution is 2.24. The Labute approximate surface area is 193 Å². The van der Waals surface area contributed by atoms with Gasteiger partial charge >= 0.3 is 6.03 Å². The molecule has 0 bridgehead atoms. The molecule has 9 heteroatoms. The molecule has 1 fully saturated rings. The Morgan fingerprint density at radius 2 is 2.09 bits per heavy atom. The van der Waals surface area contributed by atoms with Crippen molar-refractivity contribution in [2.75, 3.05) is 13.6 Å². The Morgan fingerprint density at radius 3 is 2.82 bits per heavy atom. The van der Waals surface area contributed by atoms with Crippen molar-refractivity contribution in [3.63, 3.8) is 0 Å². The molecular weight excluding hydrogens is 421 g/mol. The van der Waals surface area contributed by atoms with Gasteiger partial charge in [-0.25, -0.2) is 18.9 Å². The van der Waals surface area contributed by atoms with E-state index < -0.39 is 0 Å². The van der Waals surface area contributed by atoms with Crippen molar-refractivity contribution in [3.05, 3.63) is 78.1 Å². The summed E-state index contributed by atoms with van der Waals surface area (Å²) in [6.45, 7) is 2.63. The van der Waals surface area contributed by atoms with Crippen LogP contribution in [0.1, 0.15) is 49.4 Å². The van der Waals surface area contributed by atoms with Crippen LogP contribution in [-0.2, 0) is 0 Å². The number of hydrogen-bond acceptors (Lipinski definition) is 5. The Morgan fingerprint density at radius 1 is 1.27 bits per heavy atom. The maximum absolute atomic E-state index is 13.5. The normalized spacial score (nSPS) is 18.8. The molecule has 8 nitrogen and oxygen atoms in total. The second-order valence-corrected chi connectivity index (χ2v) is 8.50. The summed E-state index contributed by atoms with van der Waals surface area (Å²) in [4.78, 5) is 18.3. The second-order valence-electron chi connectivity index (χ2n) is 8.50. The standard InChI is InChI=1S/C24H30FN7O/c1-17(18-8-10-22(11-9-18)32-16-26-15-27-32)28-24(33)31(2)12-4-7-21-14-23(30-29-21)19-5-3-6-20(25)13-19/h3,5-6,8-11,13,15-17,21,23,29-30H,4,7,12,14H2,1-2H3,(H,28,33). The fraction of sp³-hybridized carbons (Fsp3) is 0.375. The number of nitrogens with one attached hydrogen (secondary N) is 3. The van der Waals surface area contributed by atoms with Crippen LogP contribution in [0, 0.1) is 5.82 Å². The minimum Gasteiger partial charge on any atom is -0.331 e. The highest BCUT2D eigenvalue weighted by atomic mass is 19.1. The molecule has 0 saturated carbocycles. The van der Waals surface area contributed by atoms with Gasteiger partial charge in [0, 0.05) is 25.7 Å². The molecule has 1 saturated heterocycles. The van der Waals surface area contributed by atoms with E-state index in [0.29, 0.717) is 6.54 Å². The predicted molar refractivity (Wildman–Crippen MR) is 124 cm³/mol. The van der Waals surface area contributed by atoms with E-state index in [9.17, 15) is 9.18 Å². The zero-order valence-corrected chi connectivity index (χ0v) is 18.9. The van der Waals surface area contributed by atoms with E-state index in [2.05, 4.69) is 26.3 Å². The highest BCUT2D eigenvalue weighted by molar-refractivity contribution is 5.74. The van der Waals surface area contributed by atoms with Crippen molar-refractivity contribution in [1.82, 2.24) is 35.8 Å². The lowest BCUT2D eigenvalue weighted by Gasteiger charge is -2.22. The van der Waals surface area contributed by atoms with Crippen molar-refractivity contribution >= 4 is 6.03 Å². The van der Waals surface area contributed by atoms with Crippen molar-refractivity contribution < 1.29 is 9.18 Å². The zero-order valence-electron chi connectivity index (χ0n) is 18.9. The summed E-state index contributed by atoms with van der Waals surface area (Å²) in [6.07, 6.45) is 5.83. The van der Waals surface area contributed by atoms with Crippen LogP contribution in [-0.4, -0.2) is 45.3 Å². The van der Waals surface area contributed by atoms with Gasteiger partial charge in [0.1, 0.15) is 18.5 Å². The number of nitrogens with zero attached hydrogens (tertiary/aromatic N) is 4. The van der Waals surface area contributed by atoms with E-state index in [1.165, 1.54) is 12.4 Å². The van der Waals surface area contributed by atoms with E-state index in [4.69, 9.17) is 0 Å². The van der Waals surface area contributed by atoms with Crippen LogP contribution in [0.3, 0.4) is 0 Å². The smallest absolute Gasteiger partial charge is 0.317 e. The minimum absolute atomic E-state index is 0.0991. The van der Waals surface area contributed by atoms with Gasteiger partial charge in [0.05, 0.1) is 11.7 Å². The first-order valence-corrected chi connectivity index (χ1v) is 11.2. The summed E-state index contributed by atoms with van der Waals surface area (Å²) >= 11 is 0. The SMILES string of the molecule is CC(NC(=O)N(C)CCCC1CC(c2cccc(F)c2)NN1)c1ccc(-n2cncn2)cc1. The van der Waals surface area contributed by atoms with Gasteiger partial charge in [0.2, 0.25) is 0 Å². The Bertz CT molecular complexity index is 1040. The van der Waals surface area contributed by atoms with Gasteiger partial charge in [-0.15, -0.1) is 0 Å². The zero-order chi connectivity index (χ0) is 23.2. The fourth-order valence-corrected chi connectivity index (χ4v) is 4.07. The van der Waals surface area contributed by atoms with E-state index >= 15 is 0 Å². The number of aromatic nitrogens is 3. The molecule has 0 radical (unpaired) electrons. The van der Waals surface area contributed by atoms with Gasteiger partial charge in [0.15, 0.2) is 0 Å². The largest absolute Gasteiger partial charge is 0.331 e. The lowest BCUT2D eigenvalue weighted by molar-refractivity contribution is 0.204. The summed E-state index contributed by atoms with van der Waals surface area (Å²) in [7, 11) is 1.81. The molecule has 0 spiro atoms. The van der Waals surface area contributed by atoms with Gasteiger partial charge in [0.25, 0.3) is 0 Å². The molecule has 174 valence electrons. The molecule has 33 heavy (non-hydrogen) atoms. The molecule has 0 aliphatic carbocycles. The maximum Gasteiger partial charge on any atom is 0.317 e. The molecule has 3 unspecified atom stereocenters. The topological polar surface area (TPSA) is 87.1 Å². The maximum atomic E-state index is 13.5. The third-order valence-corrected chi connectivity index (χ3v) is 6.04. The lowest BCUT2D eigenvalue weighted by Crippen LogP contribution is -2.39. The first-order chi connectivity index (χ1) is 16.0. The third-order valence-electron chi connectivity index (χ3n) is 6.04. The van der Waals surface area contributed by atoms with E-state index in [0.717, 1.165) is 36.1 Å². The van der Waals surface area contributed by atoms with Gasteiger partial charge in [-0.3, -0.25) is 10.9 Å². The minimum atomic E-state index is -0.217. The van der Waals surface area contributed by atoms with E-state index in [1.54, 1.807) is 28.0 Å². The van der Waals surface area contributed by atoms with Crippen molar-refractivity contribution in [2.45, 2.75) is 44.3 Å². The molecule has 2 aromatic carbocycles. The molecular formula is C24H30FN7O. The van der Waals surface area contributed by atoms with Crippen LogP contribution in [0.25, 0.3) is 5.69 Å². The van der Waals surface area contributed by atoms with Crippen LogP contribution in [0.4, 0.5) is 9.18 Å². The molecule has 2 heterocycles. The number of benzene rings is 2. The van der Waals surface area contributed by atoms with Crippen molar-refractivity contribution in [2.24, 2.45) is 0 Å². The van der Waals surface area contributed by atoms with Gasteiger partial charge < -0.3 is 10.2 Å². The number of rotatable bonds is 8. The van der Waals surface area contributed by atoms with Crippen molar-refractivity contribution in [1.29, 1.82) is 0 Å². The lowest BCUT2D eigenvalue weighted by atomic mass is 9.99. The van der Waals surface area contributed by atoms with Gasteiger partial charge in [-0.05, 0) is 61.6 Å². The molecule has 4 rings (SSSR count). The van der Waals surface area contributed by atoms with Crippen LogP contribution in [0.15, 0.2) is 61.2 Å². The average Bonchev–Trinajstić information content (AvgIpc) is 3.52. The summed E-state index contributed by atoms with van der Waals surface area (Å²) in [6, 6.07) is 14.8. The third kappa shape index (κ3) is 5.94. The first kappa shape index (κ1) is 22.9. The van der Waals surface area contributed by atoms with Crippen molar-refractivity contribution in [3.8, 4) is 5.69 Å².